The fraction of sp³-hybridized carbons (Fsp3) is 0.917. The lowest BCUT2D eigenvalue weighted by atomic mass is 9.89. The topological polar surface area (TPSA) is 4.36 Å². The summed E-state index contributed by atoms with van der Waals surface area (Å²) in [5, 5.41) is 0. The van der Waals surface area contributed by atoms with Crippen LogP contribution in [0.1, 0.15) is 51.9 Å². The predicted octanol–water partition coefficient (Wildman–Crippen LogP) is 3.65. The second-order valence-electron chi connectivity index (χ2n) is 4.90. The van der Waals surface area contributed by atoms with Crippen LogP contribution < -0.4 is 0 Å². The molecule has 2 rings (SSSR count). The van der Waals surface area contributed by atoms with Gasteiger partial charge in [0.2, 0.25) is 5.54 Å². The number of hydrogen-bond donors (Lipinski definition) is 0. The van der Waals surface area contributed by atoms with Crippen molar-refractivity contribution in [2.24, 2.45) is 11.8 Å². The molecule has 0 spiro atoms. The van der Waals surface area contributed by atoms with Crippen molar-refractivity contribution in [3.63, 3.8) is 0 Å². The average Bonchev–Trinajstić information content (AvgIpc) is 2.84. The fourth-order valence-electron chi connectivity index (χ4n) is 3.03. The molecule has 0 bridgehead atoms. The van der Waals surface area contributed by atoms with Crippen LogP contribution in [0.15, 0.2) is 0 Å². The maximum atomic E-state index is 7.33. The van der Waals surface area contributed by atoms with E-state index in [-0.39, 0.29) is 5.54 Å². The maximum Gasteiger partial charge on any atom is 0.238 e. The second kappa shape index (κ2) is 3.33. The van der Waals surface area contributed by atoms with Gasteiger partial charge in [-0.25, -0.2) is 6.57 Å². The lowest BCUT2D eigenvalue weighted by Crippen LogP contribution is -2.20. The average molecular weight is 177 g/mol. The summed E-state index contributed by atoms with van der Waals surface area (Å²) in [6.07, 6.45) is 9.38. The van der Waals surface area contributed by atoms with Gasteiger partial charge in [-0.3, -0.25) is 0 Å². The summed E-state index contributed by atoms with van der Waals surface area (Å²) in [6, 6.07) is 0. The summed E-state index contributed by atoms with van der Waals surface area (Å²) in [4.78, 5) is 3.93. The number of hydrogen-bond acceptors (Lipinski definition) is 0. The molecule has 0 aromatic carbocycles. The Balaban J connectivity index is 2.03. The molecular weight excluding hydrogens is 158 g/mol. The third-order valence-electron chi connectivity index (χ3n) is 4.10. The van der Waals surface area contributed by atoms with E-state index in [1.807, 2.05) is 0 Å². The van der Waals surface area contributed by atoms with E-state index in [1.54, 1.807) is 0 Å². The van der Waals surface area contributed by atoms with Gasteiger partial charge in [0.05, 0.1) is 0 Å². The Morgan fingerprint density at radius 3 is 2.08 bits per heavy atom. The largest absolute Gasteiger partial charge is 0.310 e. The van der Waals surface area contributed by atoms with Gasteiger partial charge in [0.25, 0.3) is 0 Å². The molecule has 0 aliphatic heterocycles. The summed E-state index contributed by atoms with van der Waals surface area (Å²) >= 11 is 0. The minimum atomic E-state index is 0.102. The van der Waals surface area contributed by atoms with Gasteiger partial charge in [-0.2, -0.15) is 0 Å². The molecule has 0 saturated heterocycles. The first kappa shape index (κ1) is 9.06. The molecular formula is C12H19N. The van der Waals surface area contributed by atoms with E-state index in [0.29, 0.717) is 5.92 Å². The summed E-state index contributed by atoms with van der Waals surface area (Å²) in [5.74, 6) is 1.43. The van der Waals surface area contributed by atoms with Crippen LogP contribution in [0, 0.1) is 18.4 Å². The van der Waals surface area contributed by atoms with Gasteiger partial charge >= 0.3 is 0 Å². The predicted molar refractivity (Wildman–Crippen MR) is 54.3 cm³/mol. The number of nitrogens with zero attached hydrogens (tertiary/aromatic N) is 1. The van der Waals surface area contributed by atoms with Gasteiger partial charge in [-0.05, 0) is 12.8 Å². The molecule has 0 aromatic heterocycles. The minimum Gasteiger partial charge on any atom is -0.310 e. The molecule has 0 aromatic rings. The first-order valence-electron chi connectivity index (χ1n) is 5.68. The maximum absolute atomic E-state index is 7.33. The molecule has 1 nitrogen and oxygen atoms in total. The Kier molecular flexibility index (Phi) is 2.32. The molecule has 2 saturated carbocycles. The van der Waals surface area contributed by atoms with Crippen molar-refractivity contribution in [1.82, 2.24) is 0 Å². The summed E-state index contributed by atoms with van der Waals surface area (Å²) in [5.41, 5.74) is 0.102. The summed E-state index contributed by atoms with van der Waals surface area (Å²) in [6.45, 7) is 9.58. The zero-order chi connectivity index (χ0) is 9.31. The zero-order valence-electron chi connectivity index (χ0n) is 8.55. The molecule has 72 valence electrons. The van der Waals surface area contributed by atoms with Crippen LogP contribution >= 0.6 is 0 Å². The van der Waals surface area contributed by atoms with E-state index in [0.717, 1.165) is 5.92 Å². The van der Waals surface area contributed by atoms with Gasteiger partial charge in [0.15, 0.2) is 0 Å². The Hall–Kier alpha value is -0.510. The highest BCUT2D eigenvalue weighted by Gasteiger charge is 2.63. The smallest absolute Gasteiger partial charge is 0.238 e. The van der Waals surface area contributed by atoms with E-state index in [9.17, 15) is 0 Å². The molecule has 0 heterocycles. The molecule has 2 aliphatic rings. The van der Waals surface area contributed by atoms with Crippen molar-refractivity contribution >= 4 is 0 Å². The van der Waals surface area contributed by atoms with Crippen LogP contribution in [0.25, 0.3) is 4.85 Å². The number of rotatable bonds is 1. The van der Waals surface area contributed by atoms with E-state index in [2.05, 4.69) is 11.8 Å². The van der Waals surface area contributed by atoms with Gasteiger partial charge in [0.1, 0.15) is 0 Å². The second-order valence-corrected chi connectivity index (χ2v) is 4.90. The molecule has 0 N–H and O–H groups in total. The fourth-order valence-corrected chi connectivity index (χ4v) is 3.03. The van der Waals surface area contributed by atoms with E-state index in [1.165, 1.54) is 44.9 Å². The third-order valence-corrected chi connectivity index (χ3v) is 4.10. The van der Waals surface area contributed by atoms with Gasteiger partial charge in [-0.1, -0.05) is 32.6 Å². The molecule has 13 heavy (non-hydrogen) atoms. The Morgan fingerprint density at radius 2 is 1.69 bits per heavy atom. The lowest BCUT2D eigenvalue weighted by Gasteiger charge is -2.15. The molecule has 0 amide bonds. The van der Waals surface area contributed by atoms with Crippen LogP contribution in [0.2, 0.25) is 0 Å². The van der Waals surface area contributed by atoms with Gasteiger partial charge < -0.3 is 4.85 Å². The minimum absolute atomic E-state index is 0.102. The van der Waals surface area contributed by atoms with E-state index >= 15 is 0 Å². The van der Waals surface area contributed by atoms with Crippen LogP contribution in [-0.2, 0) is 0 Å². The van der Waals surface area contributed by atoms with Crippen molar-refractivity contribution in [2.75, 3.05) is 0 Å². The van der Waals surface area contributed by atoms with Gasteiger partial charge in [-0.15, -0.1) is 0 Å². The van der Waals surface area contributed by atoms with Gasteiger partial charge in [0, 0.05) is 18.3 Å². The van der Waals surface area contributed by atoms with Crippen molar-refractivity contribution in [3.8, 4) is 0 Å². The molecule has 0 radical (unpaired) electrons. The van der Waals surface area contributed by atoms with Crippen LogP contribution in [0.5, 0.6) is 0 Å². The quantitative estimate of drug-likeness (QED) is 0.425. The summed E-state index contributed by atoms with van der Waals surface area (Å²) in [7, 11) is 0. The van der Waals surface area contributed by atoms with Crippen LogP contribution in [0.3, 0.4) is 0 Å². The van der Waals surface area contributed by atoms with Crippen molar-refractivity contribution < 1.29 is 0 Å². The van der Waals surface area contributed by atoms with E-state index < -0.39 is 0 Å². The standard InChI is InChI=1S/C12H19N/c1-10-9-12(10,13-2)11-7-5-3-4-6-8-11/h10-11H,3-9H2,1H3. The highest BCUT2D eigenvalue weighted by Crippen LogP contribution is 2.55. The van der Waals surface area contributed by atoms with Crippen LogP contribution in [0.4, 0.5) is 0 Å². The highest BCUT2D eigenvalue weighted by atomic mass is 14.9. The lowest BCUT2D eigenvalue weighted by molar-refractivity contribution is 0.380. The monoisotopic (exact) mass is 177 g/mol. The van der Waals surface area contributed by atoms with E-state index in [4.69, 9.17) is 6.57 Å². The van der Waals surface area contributed by atoms with Crippen molar-refractivity contribution in [3.05, 3.63) is 11.4 Å². The normalized spacial score (nSPS) is 40.8. The Labute approximate surface area is 81.3 Å². The van der Waals surface area contributed by atoms with Crippen LogP contribution in [-0.4, -0.2) is 5.54 Å². The van der Waals surface area contributed by atoms with Crippen molar-refractivity contribution in [2.45, 2.75) is 57.4 Å². The first-order valence-corrected chi connectivity index (χ1v) is 5.68. The first-order chi connectivity index (χ1) is 6.29. The molecule has 2 atom stereocenters. The van der Waals surface area contributed by atoms with Crippen molar-refractivity contribution in [1.29, 1.82) is 0 Å². The molecule has 2 fully saturated rings. The molecule has 2 unspecified atom stereocenters. The summed E-state index contributed by atoms with van der Waals surface area (Å²) < 4.78 is 0. The zero-order valence-corrected chi connectivity index (χ0v) is 8.55. The SMILES string of the molecule is [C-]#[N+]C1(C2CCCCCC2)CC1C. The highest BCUT2D eigenvalue weighted by molar-refractivity contribution is 5.19. The molecule has 1 heteroatoms. The third kappa shape index (κ3) is 1.47. The molecule has 2 aliphatic carbocycles. The Morgan fingerprint density at radius 1 is 1.15 bits per heavy atom. The Bertz CT molecular complexity index is 220.